The van der Waals surface area contributed by atoms with E-state index in [1.807, 2.05) is 6.20 Å². The Morgan fingerprint density at radius 3 is 3.00 bits per heavy atom. The zero-order chi connectivity index (χ0) is 14.5. The summed E-state index contributed by atoms with van der Waals surface area (Å²) in [5.74, 6) is -0.845. The second-order valence-electron chi connectivity index (χ2n) is 5.25. The van der Waals surface area contributed by atoms with Gasteiger partial charge in [0.25, 0.3) is 0 Å². The van der Waals surface area contributed by atoms with Gasteiger partial charge in [0.2, 0.25) is 5.91 Å². The van der Waals surface area contributed by atoms with Gasteiger partial charge in [0.1, 0.15) is 6.04 Å². The van der Waals surface area contributed by atoms with Crippen LogP contribution in [0.4, 0.5) is 0 Å². The van der Waals surface area contributed by atoms with E-state index in [0.717, 1.165) is 18.4 Å². The van der Waals surface area contributed by atoms with E-state index >= 15 is 0 Å². The van der Waals surface area contributed by atoms with Gasteiger partial charge in [-0.1, -0.05) is 0 Å². The average molecular weight is 280 g/mol. The molecule has 1 aliphatic heterocycles. The molecule has 1 fully saturated rings. The number of carbonyl (C=O) groups excluding carboxylic acids is 1. The number of aromatic nitrogens is 2. The molecule has 2 atom stereocenters. The van der Waals surface area contributed by atoms with Crippen LogP contribution in [0.2, 0.25) is 0 Å². The first kappa shape index (κ1) is 14.5. The van der Waals surface area contributed by atoms with Gasteiger partial charge in [-0.25, -0.2) is 0 Å². The maximum absolute atomic E-state index is 11.8. The second kappa shape index (κ2) is 6.51. The summed E-state index contributed by atoms with van der Waals surface area (Å²) in [6.45, 7) is 0.588. The SMILES string of the molecule is CN1C[C@H](NC(=O)CCCc2cn[nH]c2)C[C@H]1C(=O)O. The molecule has 1 aliphatic rings. The highest BCUT2D eigenvalue weighted by Gasteiger charge is 2.34. The third kappa shape index (κ3) is 3.80. The first-order valence-corrected chi connectivity index (χ1v) is 6.76. The molecule has 0 unspecified atom stereocenters. The number of aryl methyl sites for hydroxylation is 1. The monoisotopic (exact) mass is 280 g/mol. The van der Waals surface area contributed by atoms with Crippen molar-refractivity contribution in [2.24, 2.45) is 0 Å². The molecule has 1 aromatic rings. The molecule has 1 aromatic heterocycles. The van der Waals surface area contributed by atoms with Crippen LogP contribution in [0, 0.1) is 0 Å². The summed E-state index contributed by atoms with van der Waals surface area (Å²) in [5, 5.41) is 18.5. The van der Waals surface area contributed by atoms with E-state index in [0.29, 0.717) is 19.4 Å². The highest BCUT2D eigenvalue weighted by molar-refractivity contribution is 5.77. The molecule has 1 amide bonds. The highest BCUT2D eigenvalue weighted by Crippen LogP contribution is 2.16. The van der Waals surface area contributed by atoms with E-state index in [1.54, 1.807) is 18.1 Å². The molecule has 2 rings (SSSR count). The molecule has 7 nitrogen and oxygen atoms in total. The Hall–Kier alpha value is -1.89. The van der Waals surface area contributed by atoms with Gasteiger partial charge in [-0.3, -0.25) is 19.6 Å². The van der Waals surface area contributed by atoms with Crippen molar-refractivity contribution in [3.8, 4) is 0 Å². The quantitative estimate of drug-likeness (QED) is 0.681. The van der Waals surface area contributed by atoms with Crippen LogP contribution in [-0.4, -0.2) is 57.8 Å². The minimum absolute atomic E-state index is 0.0158. The third-order valence-corrected chi connectivity index (χ3v) is 3.62. The molecule has 0 radical (unpaired) electrons. The van der Waals surface area contributed by atoms with Crippen LogP contribution in [0.5, 0.6) is 0 Å². The first-order chi connectivity index (χ1) is 9.56. The number of amides is 1. The fourth-order valence-electron chi connectivity index (χ4n) is 2.56. The van der Waals surface area contributed by atoms with Crippen molar-refractivity contribution < 1.29 is 14.7 Å². The topological polar surface area (TPSA) is 98.3 Å². The van der Waals surface area contributed by atoms with Gasteiger partial charge < -0.3 is 10.4 Å². The van der Waals surface area contributed by atoms with Crippen molar-refractivity contribution in [1.82, 2.24) is 20.4 Å². The van der Waals surface area contributed by atoms with Crippen molar-refractivity contribution >= 4 is 11.9 Å². The zero-order valence-electron chi connectivity index (χ0n) is 11.5. The lowest BCUT2D eigenvalue weighted by molar-refractivity contribution is -0.141. The number of nitrogens with zero attached hydrogens (tertiary/aromatic N) is 2. The lowest BCUT2D eigenvalue weighted by atomic mass is 10.1. The standard InChI is InChI=1S/C13H20N4O3/c1-17-8-10(5-11(17)13(19)20)16-12(18)4-2-3-9-6-14-15-7-9/h6-7,10-11H,2-5,8H2,1H3,(H,14,15)(H,16,18)(H,19,20)/t10-,11+/m1/s1. The summed E-state index contributed by atoms with van der Waals surface area (Å²) in [6.07, 6.45) is 6.06. The van der Waals surface area contributed by atoms with Gasteiger partial charge in [0.15, 0.2) is 0 Å². The fraction of sp³-hybridized carbons (Fsp3) is 0.615. The Morgan fingerprint density at radius 1 is 1.60 bits per heavy atom. The van der Waals surface area contributed by atoms with Crippen LogP contribution in [0.25, 0.3) is 0 Å². The van der Waals surface area contributed by atoms with E-state index in [2.05, 4.69) is 15.5 Å². The van der Waals surface area contributed by atoms with E-state index < -0.39 is 12.0 Å². The number of nitrogens with one attached hydrogen (secondary N) is 2. The first-order valence-electron chi connectivity index (χ1n) is 6.76. The Morgan fingerprint density at radius 2 is 2.40 bits per heavy atom. The van der Waals surface area contributed by atoms with Crippen molar-refractivity contribution in [1.29, 1.82) is 0 Å². The predicted octanol–water partition coefficient (Wildman–Crippen LogP) is 0.00590. The van der Waals surface area contributed by atoms with E-state index in [4.69, 9.17) is 5.11 Å². The molecule has 20 heavy (non-hydrogen) atoms. The number of hydrogen-bond donors (Lipinski definition) is 3. The molecule has 7 heteroatoms. The van der Waals surface area contributed by atoms with Crippen LogP contribution in [-0.2, 0) is 16.0 Å². The molecule has 1 saturated heterocycles. The molecule has 2 heterocycles. The number of hydrogen-bond acceptors (Lipinski definition) is 4. The summed E-state index contributed by atoms with van der Waals surface area (Å²) in [4.78, 5) is 24.6. The summed E-state index contributed by atoms with van der Waals surface area (Å²) in [6, 6.07) is -0.561. The van der Waals surface area contributed by atoms with Crippen molar-refractivity contribution in [2.45, 2.75) is 37.8 Å². The molecule has 3 N–H and O–H groups in total. The van der Waals surface area contributed by atoms with Crippen LogP contribution >= 0.6 is 0 Å². The lowest BCUT2D eigenvalue weighted by Gasteiger charge is -2.13. The van der Waals surface area contributed by atoms with Gasteiger partial charge >= 0.3 is 5.97 Å². The maximum atomic E-state index is 11.8. The predicted molar refractivity (Wildman–Crippen MR) is 72.1 cm³/mol. The largest absolute Gasteiger partial charge is 0.480 e. The van der Waals surface area contributed by atoms with Crippen LogP contribution in [0.1, 0.15) is 24.8 Å². The number of carboxylic acids is 1. The van der Waals surface area contributed by atoms with Crippen LogP contribution in [0.3, 0.4) is 0 Å². The van der Waals surface area contributed by atoms with Gasteiger partial charge in [-0.15, -0.1) is 0 Å². The van der Waals surface area contributed by atoms with E-state index in [1.165, 1.54) is 0 Å². The van der Waals surface area contributed by atoms with Crippen molar-refractivity contribution in [2.75, 3.05) is 13.6 Å². The van der Waals surface area contributed by atoms with Crippen molar-refractivity contribution in [3.63, 3.8) is 0 Å². The molecule has 0 spiro atoms. The third-order valence-electron chi connectivity index (χ3n) is 3.62. The molecular weight excluding hydrogens is 260 g/mol. The second-order valence-corrected chi connectivity index (χ2v) is 5.25. The Balaban J connectivity index is 1.68. The zero-order valence-corrected chi connectivity index (χ0v) is 11.5. The molecule has 110 valence electrons. The normalized spacial score (nSPS) is 22.9. The molecule has 0 aliphatic carbocycles. The minimum Gasteiger partial charge on any atom is -0.480 e. The summed E-state index contributed by atoms with van der Waals surface area (Å²) in [7, 11) is 1.77. The van der Waals surface area contributed by atoms with Crippen LogP contribution in [0.15, 0.2) is 12.4 Å². The minimum atomic E-state index is -0.829. The molecular formula is C13H20N4O3. The average Bonchev–Trinajstić information content (AvgIpc) is 2.99. The van der Waals surface area contributed by atoms with Crippen molar-refractivity contribution in [3.05, 3.63) is 18.0 Å². The lowest BCUT2D eigenvalue weighted by Crippen LogP contribution is -2.36. The van der Waals surface area contributed by atoms with Gasteiger partial charge in [0, 0.05) is 25.2 Å². The number of likely N-dealkylation sites (N-methyl/N-ethyl adjacent to an activating group) is 1. The number of carbonyl (C=O) groups is 2. The fourth-order valence-corrected chi connectivity index (χ4v) is 2.56. The Kier molecular flexibility index (Phi) is 4.73. The van der Waals surface area contributed by atoms with Gasteiger partial charge in [-0.05, 0) is 31.9 Å². The van der Waals surface area contributed by atoms with Gasteiger partial charge in [0.05, 0.1) is 6.20 Å². The maximum Gasteiger partial charge on any atom is 0.320 e. The summed E-state index contributed by atoms with van der Waals surface area (Å²) in [5.41, 5.74) is 1.09. The number of aromatic amines is 1. The molecule has 0 saturated carbocycles. The van der Waals surface area contributed by atoms with Gasteiger partial charge in [-0.2, -0.15) is 5.10 Å². The Labute approximate surface area is 117 Å². The van der Waals surface area contributed by atoms with Crippen LogP contribution < -0.4 is 5.32 Å². The number of aliphatic carboxylic acids is 1. The number of carboxylic acid groups (broad SMARTS) is 1. The number of rotatable bonds is 6. The number of likely N-dealkylation sites (tertiary alicyclic amines) is 1. The van der Waals surface area contributed by atoms with E-state index in [9.17, 15) is 9.59 Å². The summed E-state index contributed by atoms with van der Waals surface area (Å²) < 4.78 is 0. The Bertz CT molecular complexity index is 460. The van der Waals surface area contributed by atoms with E-state index in [-0.39, 0.29) is 11.9 Å². The number of H-pyrrole nitrogens is 1. The summed E-state index contributed by atoms with van der Waals surface area (Å²) >= 11 is 0. The smallest absolute Gasteiger partial charge is 0.320 e. The molecule has 0 aromatic carbocycles. The highest BCUT2D eigenvalue weighted by atomic mass is 16.4. The molecule has 0 bridgehead atoms.